The Morgan fingerprint density at radius 2 is 2.20 bits per heavy atom. The first kappa shape index (κ1) is 10.2. The molecule has 4 nitrogen and oxygen atoms in total. The summed E-state index contributed by atoms with van der Waals surface area (Å²) in [7, 11) is 0. The summed E-state index contributed by atoms with van der Waals surface area (Å²) in [6.07, 6.45) is 0. The van der Waals surface area contributed by atoms with Crippen molar-refractivity contribution >= 4 is 28.8 Å². The van der Waals surface area contributed by atoms with Crippen molar-refractivity contribution in [2.24, 2.45) is 0 Å². The van der Waals surface area contributed by atoms with Crippen molar-refractivity contribution < 1.29 is 4.74 Å². The molecule has 0 unspecified atom stereocenters. The van der Waals surface area contributed by atoms with Gasteiger partial charge in [0.25, 0.3) is 0 Å². The number of nitrogen functional groups attached to an aromatic ring is 1. The molecular formula is C9H8ClN3OS. The lowest BCUT2D eigenvalue weighted by Gasteiger charge is -2.06. The molecule has 2 aromatic rings. The summed E-state index contributed by atoms with van der Waals surface area (Å²) >= 11 is 6.96. The number of hydrogen-bond acceptors (Lipinski definition) is 5. The van der Waals surface area contributed by atoms with Crippen molar-refractivity contribution in [2.75, 3.05) is 5.73 Å². The number of ether oxygens (including phenoxy) is 1. The maximum Gasteiger partial charge on any atom is 0.142 e. The van der Waals surface area contributed by atoms with Crippen molar-refractivity contribution in [3.8, 4) is 5.75 Å². The van der Waals surface area contributed by atoms with E-state index >= 15 is 0 Å². The molecule has 78 valence electrons. The highest BCUT2D eigenvalue weighted by atomic mass is 35.5. The number of aromatic nitrogens is 2. The molecule has 0 radical (unpaired) electrons. The zero-order valence-corrected chi connectivity index (χ0v) is 9.26. The molecule has 0 atom stereocenters. The van der Waals surface area contributed by atoms with Gasteiger partial charge in [-0.2, -0.15) is 0 Å². The number of para-hydroxylation sites is 2. The summed E-state index contributed by atoms with van der Waals surface area (Å²) in [5, 5.41) is 3.83. The molecular weight excluding hydrogens is 234 g/mol. The van der Waals surface area contributed by atoms with Gasteiger partial charge in [-0.1, -0.05) is 28.2 Å². The van der Waals surface area contributed by atoms with E-state index in [0.29, 0.717) is 21.5 Å². The van der Waals surface area contributed by atoms with Gasteiger partial charge >= 0.3 is 0 Å². The van der Waals surface area contributed by atoms with Gasteiger partial charge in [0.2, 0.25) is 0 Å². The smallest absolute Gasteiger partial charge is 0.142 e. The van der Waals surface area contributed by atoms with Gasteiger partial charge in [-0.05, 0) is 12.1 Å². The molecule has 2 N–H and O–H groups in total. The molecule has 0 amide bonds. The topological polar surface area (TPSA) is 61.0 Å². The third-order valence-corrected chi connectivity index (χ3v) is 2.78. The van der Waals surface area contributed by atoms with Gasteiger partial charge in [0, 0.05) is 11.5 Å². The SMILES string of the molecule is Nc1ccccc1OCc1nnsc1Cl. The van der Waals surface area contributed by atoms with Gasteiger partial charge in [-0.3, -0.25) is 0 Å². The minimum absolute atomic E-state index is 0.281. The highest BCUT2D eigenvalue weighted by molar-refractivity contribution is 7.10. The van der Waals surface area contributed by atoms with E-state index in [-0.39, 0.29) is 6.61 Å². The van der Waals surface area contributed by atoms with Gasteiger partial charge < -0.3 is 10.5 Å². The van der Waals surface area contributed by atoms with Crippen LogP contribution < -0.4 is 10.5 Å². The average Bonchev–Trinajstić information content (AvgIpc) is 2.63. The number of rotatable bonds is 3. The van der Waals surface area contributed by atoms with Gasteiger partial charge in [0.05, 0.1) is 5.69 Å². The van der Waals surface area contributed by atoms with Gasteiger partial charge in [-0.15, -0.1) is 5.10 Å². The summed E-state index contributed by atoms with van der Waals surface area (Å²) in [4.78, 5) is 0. The van der Waals surface area contributed by atoms with E-state index in [0.717, 1.165) is 11.5 Å². The first-order valence-corrected chi connectivity index (χ1v) is 5.36. The van der Waals surface area contributed by atoms with Crippen LogP contribution in [0.1, 0.15) is 5.69 Å². The quantitative estimate of drug-likeness (QED) is 0.838. The maximum absolute atomic E-state index is 5.83. The molecule has 0 aliphatic rings. The molecule has 0 aliphatic heterocycles. The van der Waals surface area contributed by atoms with E-state index in [4.69, 9.17) is 22.1 Å². The lowest BCUT2D eigenvalue weighted by atomic mass is 10.3. The number of hydrogen-bond donors (Lipinski definition) is 1. The lowest BCUT2D eigenvalue weighted by Crippen LogP contribution is -1.99. The van der Waals surface area contributed by atoms with Crippen LogP contribution >= 0.6 is 23.1 Å². The highest BCUT2D eigenvalue weighted by Crippen LogP contribution is 2.23. The summed E-state index contributed by atoms with van der Waals surface area (Å²) < 4.78 is 9.71. The fraction of sp³-hybridized carbons (Fsp3) is 0.111. The summed E-state index contributed by atoms with van der Waals surface area (Å²) in [6.45, 7) is 0.281. The van der Waals surface area contributed by atoms with Crippen LogP contribution in [0.3, 0.4) is 0 Å². The van der Waals surface area contributed by atoms with Crippen molar-refractivity contribution in [3.63, 3.8) is 0 Å². The molecule has 0 aliphatic carbocycles. The van der Waals surface area contributed by atoms with Crippen LogP contribution in [0.25, 0.3) is 0 Å². The highest BCUT2D eigenvalue weighted by Gasteiger charge is 2.06. The molecule has 15 heavy (non-hydrogen) atoms. The van der Waals surface area contributed by atoms with Gasteiger partial charge in [0.15, 0.2) is 0 Å². The van der Waals surface area contributed by atoms with Crippen LogP contribution in [0.4, 0.5) is 5.69 Å². The van der Waals surface area contributed by atoms with Crippen LogP contribution in [0.15, 0.2) is 24.3 Å². The van der Waals surface area contributed by atoms with Crippen LogP contribution in [0, 0.1) is 0 Å². The van der Waals surface area contributed by atoms with Crippen LogP contribution in [0.2, 0.25) is 4.34 Å². The molecule has 2 rings (SSSR count). The second-order valence-electron chi connectivity index (χ2n) is 2.82. The molecule has 1 heterocycles. The Hall–Kier alpha value is -1.33. The van der Waals surface area contributed by atoms with Crippen LogP contribution in [0.5, 0.6) is 5.75 Å². The average molecular weight is 242 g/mol. The fourth-order valence-corrected chi connectivity index (χ4v) is 1.64. The number of nitrogens with zero attached hydrogens (tertiary/aromatic N) is 2. The zero-order valence-electron chi connectivity index (χ0n) is 7.68. The van der Waals surface area contributed by atoms with Crippen molar-refractivity contribution in [3.05, 3.63) is 34.3 Å². The predicted octanol–water partition coefficient (Wildman–Crippen LogP) is 2.35. The van der Waals surface area contributed by atoms with Gasteiger partial charge in [0.1, 0.15) is 22.4 Å². The number of halogens is 1. The molecule has 6 heteroatoms. The van der Waals surface area contributed by atoms with Crippen molar-refractivity contribution in [1.29, 1.82) is 0 Å². The number of anilines is 1. The first-order valence-electron chi connectivity index (χ1n) is 4.21. The van der Waals surface area contributed by atoms with E-state index in [1.54, 1.807) is 12.1 Å². The second-order valence-corrected chi connectivity index (χ2v) is 4.18. The Morgan fingerprint density at radius 1 is 1.40 bits per heavy atom. The molecule has 1 aromatic carbocycles. The Balaban J connectivity index is 2.06. The summed E-state index contributed by atoms with van der Waals surface area (Å²) in [5.74, 6) is 0.626. The third-order valence-electron chi connectivity index (χ3n) is 1.79. The maximum atomic E-state index is 5.83. The van der Waals surface area contributed by atoms with Gasteiger partial charge in [-0.25, -0.2) is 0 Å². The minimum Gasteiger partial charge on any atom is -0.485 e. The first-order chi connectivity index (χ1) is 7.27. The lowest BCUT2D eigenvalue weighted by molar-refractivity contribution is 0.303. The predicted molar refractivity (Wildman–Crippen MR) is 60.1 cm³/mol. The monoisotopic (exact) mass is 241 g/mol. The van der Waals surface area contributed by atoms with Crippen LogP contribution in [-0.4, -0.2) is 9.59 Å². The van der Waals surface area contributed by atoms with E-state index in [9.17, 15) is 0 Å². The van der Waals surface area contributed by atoms with E-state index < -0.39 is 0 Å². The Bertz CT molecular complexity index is 460. The Labute approximate surface area is 95.8 Å². The van der Waals surface area contributed by atoms with E-state index in [1.165, 1.54) is 0 Å². The fourth-order valence-electron chi connectivity index (χ4n) is 1.04. The number of benzene rings is 1. The summed E-state index contributed by atoms with van der Waals surface area (Å²) in [5.41, 5.74) is 6.93. The molecule has 0 spiro atoms. The molecule has 0 saturated carbocycles. The van der Waals surface area contributed by atoms with Crippen molar-refractivity contribution in [1.82, 2.24) is 9.59 Å². The molecule has 0 bridgehead atoms. The van der Waals surface area contributed by atoms with Crippen molar-refractivity contribution in [2.45, 2.75) is 6.61 Å². The normalized spacial score (nSPS) is 10.2. The number of nitrogens with two attached hydrogens (primary N) is 1. The zero-order chi connectivity index (χ0) is 10.7. The second kappa shape index (κ2) is 4.46. The Kier molecular flexibility index (Phi) is 3.03. The standard InChI is InChI=1S/C9H8ClN3OS/c10-9-7(12-13-15-9)5-14-8-4-2-1-3-6(8)11/h1-4H,5,11H2. The minimum atomic E-state index is 0.281. The Morgan fingerprint density at radius 3 is 2.87 bits per heavy atom. The van der Waals surface area contributed by atoms with Crippen LogP contribution in [-0.2, 0) is 6.61 Å². The molecule has 0 fully saturated rings. The van der Waals surface area contributed by atoms with E-state index in [1.807, 2.05) is 12.1 Å². The third kappa shape index (κ3) is 2.37. The van der Waals surface area contributed by atoms with E-state index in [2.05, 4.69) is 9.59 Å². The summed E-state index contributed by atoms with van der Waals surface area (Å²) in [6, 6.07) is 7.27. The molecule has 1 aromatic heterocycles. The molecule has 0 saturated heterocycles. The largest absolute Gasteiger partial charge is 0.485 e.